The van der Waals surface area contributed by atoms with E-state index in [0.29, 0.717) is 13.1 Å². The zero-order valence-electron chi connectivity index (χ0n) is 12.0. The summed E-state index contributed by atoms with van der Waals surface area (Å²) in [4.78, 5) is 13.9. The summed E-state index contributed by atoms with van der Waals surface area (Å²) in [5.41, 5.74) is 5.62. The van der Waals surface area contributed by atoms with Crippen LogP contribution in [0.15, 0.2) is 0 Å². The van der Waals surface area contributed by atoms with Gasteiger partial charge in [0.1, 0.15) is 0 Å². The van der Waals surface area contributed by atoms with Gasteiger partial charge in [-0.2, -0.15) is 0 Å². The van der Waals surface area contributed by atoms with E-state index < -0.39 is 0 Å². The summed E-state index contributed by atoms with van der Waals surface area (Å²) in [5, 5.41) is 0. The second-order valence-corrected chi connectivity index (χ2v) is 4.72. The molecular weight excluding hydrogens is 216 g/mol. The maximum atomic E-state index is 12.1. The highest BCUT2D eigenvalue weighted by molar-refractivity contribution is 5.69. The fraction of sp³-hybridized carbons (Fsp3) is 0.923. The number of carbonyl (C=O) groups excluding carboxylic acids is 1. The first-order valence-electron chi connectivity index (χ1n) is 6.65. The van der Waals surface area contributed by atoms with Crippen molar-refractivity contribution in [1.29, 1.82) is 0 Å². The molecule has 0 saturated heterocycles. The van der Waals surface area contributed by atoms with E-state index in [0.717, 1.165) is 19.3 Å². The molecule has 0 fully saturated rings. The third-order valence-electron chi connectivity index (χ3n) is 3.27. The van der Waals surface area contributed by atoms with Crippen LogP contribution >= 0.6 is 0 Å². The van der Waals surface area contributed by atoms with Gasteiger partial charge in [0.25, 0.3) is 0 Å². The van der Waals surface area contributed by atoms with E-state index in [1.807, 2.05) is 18.7 Å². The van der Waals surface area contributed by atoms with Crippen molar-refractivity contribution in [2.45, 2.75) is 65.5 Å². The molecule has 0 aromatic heterocycles. The van der Waals surface area contributed by atoms with Crippen molar-refractivity contribution in [2.75, 3.05) is 13.1 Å². The number of rotatable bonds is 7. The van der Waals surface area contributed by atoms with Gasteiger partial charge in [0.05, 0.1) is 11.6 Å². The van der Waals surface area contributed by atoms with Crippen LogP contribution in [0, 0.1) is 0 Å². The van der Waals surface area contributed by atoms with E-state index in [9.17, 15) is 4.79 Å². The molecule has 0 saturated carbocycles. The fourth-order valence-corrected chi connectivity index (χ4v) is 2.04. The molecule has 0 aliphatic rings. The summed E-state index contributed by atoms with van der Waals surface area (Å²) in [7, 11) is 0. The number of hydrogen-bond acceptors (Lipinski definition) is 3. The Morgan fingerprint density at radius 2 is 1.82 bits per heavy atom. The van der Waals surface area contributed by atoms with Crippen LogP contribution < -0.4 is 5.73 Å². The molecule has 102 valence electrons. The smallest absolute Gasteiger partial charge is 0.410 e. The van der Waals surface area contributed by atoms with Crippen molar-refractivity contribution in [3.63, 3.8) is 0 Å². The molecule has 0 bridgehead atoms. The molecule has 4 heteroatoms. The average Bonchev–Trinajstić information content (AvgIpc) is 2.29. The second kappa shape index (κ2) is 7.54. The van der Waals surface area contributed by atoms with Crippen molar-refractivity contribution in [2.24, 2.45) is 5.73 Å². The standard InChI is InChI=1S/C13H28N2O2/c1-6-9-15(12(16)17-11(4)5)13(7-2,8-3)10-14/h11H,6-10,14H2,1-5H3. The largest absolute Gasteiger partial charge is 0.447 e. The summed E-state index contributed by atoms with van der Waals surface area (Å²) in [6.45, 7) is 11.1. The molecule has 0 spiro atoms. The topological polar surface area (TPSA) is 55.6 Å². The van der Waals surface area contributed by atoms with E-state index in [2.05, 4.69) is 20.8 Å². The van der Waals surface area contributed by atoms with Crippen LogP contribution in [-0.4, -0.2) is 35.7 Å². The minimum Gasteiger partial charge on any atom is -0.447 e. The summed E-state index contributed by atoms with van der Waals surface area (Å²) in [6.07, 6.45) is 2.29. The van der Waals surface area contributed by atoms with Gasteiger partial charge in [-0.05, 0) is 33.1 Å². The molecule has 0 atom stereocenters. The van der Waals surface area contributed by atoms with Gasteiger partial charge in [0, 0.05) is 13.1 Å². The molecule has 0 heterocycles. The van der Waals surface area contributed by atoms with Crippen LogP contribution in [-0.2, 0) is 4.74 Å². The van der Waals surface area contributed by atoms with Crippen molar-refractivity contribution in [3.05, 3.63) is 0 Å². The number of ether oxygens (including phenoxy) is 1. The van der Waals surface area contributed by atoms with Crippen LogP contribution in [0.2, 0.25) is 0 Å². The Hall–Kier alpha value is -0.770. The van der Waals surface area contributed by atoms with Gasteiger partial charge in [-0.3, -0.25) is 0 Å². The highest BCUT2D eigenvalue weighted by Crippen LogP contribution is 2.24. The molecule has 2 N–H and O–H groups in total. The second-order valence-electron chi connectivity index (χ2n) is 4.72. The zero-order valence-corrected chi connectivity index (χ0v) is 12.0. The monoisotopic (exact) mass is 244 g/mol. The fourth-order valence-electron chi connectivity index (χ4n) is 2.04. The van der Waals surface area contributed by atoms with Crippen molar-refractivity contribution >= 4 is 6.09 Å². The quantitative estimate of drug-likeness (QED) is 0.749. The number of hydrogen-bond donors (Lipinski definition) is 1. The van der Waals surface area contributed by atoms with Crippen LogP contribution in [0.4, 0.5) is 4.79 Å². The van der Waals surface area contributed by atoms with E-state index in [-0.39, 0.29) is 17.7 Å². The Balaban J connectivity index is 4.97. The summed E-state index contributed by atoms with van der Waals surface area (Å²) in [6, 6.07) is 0. The van der Waals surface area contributed by atoms with Gasteiger partial charge in [0.2, 0.25) is 0 Å². The highest BCUT2D eigenvalue weighted by Gasteiger charge is 2.36. The Kier molecular flexibility index (Phi) is 7.19. The van der Waals surface area contributed by atoms with Gasteiger partial charge in [-0.1, -0.05) is 20.8 Å². The maximum absolute atomic E-state index is 12.1. The lowest BCUT2D eigenvalue weighted by Gasteiger charge is -2.41. The number of nitrogens with zero attached hydrogens (tertiary/aromatic N) is 1. The van der Waals surface area contributed by atoms with E-state index >= 15 is 0 Å². The zero-order chi connectivity index (χ0) is 13.5. The lowest BCUT2D eigenvalue weighted by atomic mass is 9.90. The van der Waals surface area contributed by atoms with E-state index in [1.165, 1.54) is 0 Å². The van der Waals surface area contributed by atoms with Crippen LogP contribution in [0.5, 0.6) is 0 Å². The Labute approximate surface area is 105 Å². The van der Waals surface area contributed by atoms with Crippen molar-refractivity contribution < 1.29 is 9.53 Å². The third-order valence-corrected chi connectivity index (χ3v) is 3.27. The minimum absolute atomic E-state index is 0.0916. The molecule has 1 amide bonds. The van der Waals surface area contributed by atoms with Crippen LogP contribution in [0.3, 0.4) is 0 Å². The lowest BCUT2D eigenvalue weighted by molar-refractivity contribution is 0.0310. The molecule has 4 nitrogen and oxygen atoms in total. The first kappa shape index (κ1) is 16.2. The molecule has 0 aliphatic heterocycles. The molecule has 17 heavy (non-hydrogen) atoms. The molecule has 0 aromatic carbocycles. The average molecular weight is 244 g/mol. The minimum atomic E-state index is -0.262. The van der Waals surface area contributed by atoms with Crippen LogP contribution in [0.25, 0.3) is 0 Å². The van der Waals surface area contributed by atoms with Gasteiger partial charge in [0.15, 0.2) is 0 Å². The van der Waals surface area contributed by atoms with Crippen molar-refractivity contribution in [1.82, 2.24) is 4.90 Å². The predicted molar refractivity (Wildman–Crippen MR) is 71.0 cm³/mol. The lowest BCUT2D eigenvalue weighted by Crippen LogP contribution is -2.56. The number of nitrogens with two attached hydrogens (primary N) is 1. The molecular formula is C13H28N2O2. The van der Waals surface area contributed by atoms with Gasteiger partial charge in [-0.25, -0.2) is 4.79 Å². The molecule has 0 rings (SSSR count). The molecule has 0 aromatic rings. The highest BCUT2D eigenvalue weighted by atomic mass is 16.6. The Morgan fingerprint density at radius 1 is 1.29 bits per heavy atom. The molecule has 0 aliphatic carbocycles. The van der Waals surface area contributed by atoms with Gasteiger partial charge in [-0.15, -0.1) is 0 Å². The van der Waals surface area contributed by atoms with Gasteiger partial charge >= 0.3 is 6.09 Å². The predicted octanol–water partition coefficient (Wildman–Crippen LogP) is 2.76. The molecule has 0 radical (unpaired) electrons. The van der Waals surface area contributed by atoms with Crippen molar-refractivity contribution in [3.8, 4) is 0 Å². The van der Waals surface area contributed by atoms with Gasteiger partial charge < -0.3 is 15.4 Å². The number of carbonyl (C=O) groups is 1. The third kappa shape index (κ3) is 4.19. The van der Waals surface area contributed by atoms with Crippen LogP contribution in [0.1, 0.15) is 53.9 Å². The molecule has 0 unspecified atom stereocenters. The Bertz CT molecular complexity index is 217. The van der Waals surface area contributed by atoms with E-state index in [4.69, 9.17) is 10.5 Å². The van der Waals surface area contributed by atoms with E-state index in [1.54, 1.807) is 0 Å². The Morgan fingerprint density at radius 3 is 2.12 bits per heavy atom. The first-order valence-corrected chi connectivity index (χ1v) is 6.65. The first-order chi connectivity index (χ1) is 7.97. The SMILES string of the molecule is CCCN(C(=O)OC(C)C)C(CC)(CC)CN. The number of amides is 1. The summed E-state index contributed by atoms with van der Waals surface area (Å²) < 4.78 is 5.31. The summed E-state index contributed by atoms with van der Waals surface area (Å²) >= 11 is 0. The summed E-state index contributed by atoms with van der Waals surface area (Å²) in [5.74, 6) is 0. The maximum Gasteiger partial charge on any atom is 0.410 e. The normalized spacial score (nSPS) is 11.7.